The quantitative estimate of drug-likeness (QED) is 0.812. The van der Waals surface area contributed by atoms with E-state index in [-0.39, 0.29) is 12.0 Å². The fourth-order valence-electron chi connectivity index (χ4n) is 1.66. The van der Waals surface area contributed by atoms with E-state index >= 15 is 0 Å². The van der Waals surface area contributed by atoms with Crippen LogP contribution in [0.1, 0.15) is 35.7 Å². The Morgan fingerprint density at radius 1 is 1.47 bits per heavy atom. The number of hydrogen-bond donors (Lipinski definition) is 1. The lowest BCUT2D eigenvalue weighted by Crippen LogP contribution is -2.10. The topological polar surface area (TPSA) is 55.4 Å². The molecule has 0 bridgehead atoms. The van der Waals surface area contributed by atoms with Gasteiger partial charge in [-0.1, -0.05) is 0 Å². The van der Waals surface area contributed by atoms with Crippen LogP contribution in [0.3, 0.4) is 0 Å². The number of aldehydes is 1. The van der Waals surface area contributed by atoms with Crippen LogP contribution in [0.2, 0.25) is 0 Å². The first-order valence-electron chi connectivity index (χ1n) is 5.64. The molecule has 1 aliphatic rings. The second-order valence-electron chi connectivity index (χ2n) is 4.35. The van der Waals surface area contributed by atoms with E-state index < -0.39 is 0 Å². The smallest absolute Gasteiger partial charge is 0.221 e. The average Bonchev–Trinajstić information content (AvgIpc) is 3.04. The highest BCUT2D eigenvalue weighted by Gasteiger charge is 2.26. The first kappa shape index (κ1) is 11.6. The molecule has 1 aliphatic carbocycles. The van der Waals surface area contributed by atoms with Gasteiger partial charge in [0.1, 0.15) is 0 Å². The van der Waals surface area contributed by atoms with Crippen LogP contribution in [0.5, 0.6) is 5.75 Å². The van der Waals surface area contributed by atoms with Gasteiger partial charge in [0.05, 0.1) is 17.4 Å². The summed E-state index contributed by atoms with van der Waals surface area (Å²) >= 11 is 0. The molecular weight excluding hydrogens is 218 g/mol. The Kier molecular flexibility index (Phi) is 3.13. The van der Waals surface area contributed by atoms with Gasteiger partial charge in [0, 0.05) is 6.92 Å². The predicted molar refractivity (Wildman–Crippen MR) is 64.5 cm³/mol. The minimum atomic E-state index is -0.173. The maximum absolute atomic E-state index is 11.1. The van der Waals surface area contributed by atoms with Gasteiger partial charge in [0.2, 0.25) is 5.91 Å². The molecule has 0 heterocycles. The van der Waals surface area contributed by atoms with E-state index in [2.05, 4.69) is 5.32 Å². The number of rotatable bonds is 4. The summed E-state index contributed by atoms with van der Waals surface area (Å²) in [5.41, 5.74) is 1.98. The van der Waals surface area contributed by atoms with Crippen molar-refractivity contribution in [1.29, 1.82) is 0 Å². The van der Waals surface area contributed by atoms with Gasteiger partial charge in [-0.05, 0) is 37.5 Å². The normalized spacial score (nSPS) is 14.2. The number of amides is 1. The van der Waals surface area contributed by atoms with Crippen LogP contribution in [0.4, 0.5) is 5.69 Å². The summed E-state index contributed by atoms with van der Waals surface area (Å²) in [5, 5.41) is 2.70. The van der Waals surface area contributed by atoms with Crippen LogP contribution in [-0.4, -0.2) is 18.3 Å². The van der Waals surface area contributed by atoms with Gasteiger partial charge in [0.25, 0.3) is 0 Å². The Labute approximate surface area is 100.0 Å². The summed E-state index contributed by atoms with van der Waals surface area (Å²) in [4.78, 5) is 22.1. The number of ether oxygens (including phenoxy) is 1. The van der Waals surface area contributed by atoms with E-state index in [4.69, 9.17) is 4.74 Å². The molecule has 4 nitrogen and oxygen atoms in total. The van der Waals surface area contributed by atoms with E-state index in [1.54, 1.807) is 6.07 Å². The van der Waals surface area contributed by atoms with Gasteiger partial charge < -0.3 is 10.1 Å². The van der Waals surface area contributed by atoms with Crippen molar-refractivity contribution in [3.05, 3.63) is 23.3 Å². The van der Waals surface area contributed by atoms with E-state index in [0.29, 0.717) is 17.0 Å². The fourth-order valence-corrected chi connectivity index (χ4v) is 1.66. The van der Waals surface area contributed by atoms with Crippen molar-refractivity contribution in [2.24, 2.45) is 0 Å². The molecule has 0 unspecified atom stereocenters. The molecule has 2 rings (SSSR count). The van der Waals surface area contributed by atoms with Gasteiger partial charge in [-0.2, -0.15) is 0 Å². The second kappa shape index (κ2) is 4.57. The molecule has 1 aromatic rings. The summed E-state index contributed by atoms with van der Waals surface area (Å²) in [6.07, 6.45) is 2.96. The number of anilines is 1. The fraction of sp³-hybridized carbons (Fsp3) is 0.385. The lowest BCUT2D eigenvalue weighted by Gasteiger charge is -2.14. The highest BCUT2D eigenvalue weighted by molar-refractivity contribution is 5.94. The molecule has 1 amide bonds. The summed E-state index contributed by atoms with van der Waals surface area (Å²) in [6, 6.07) is 3.57. The molecular formula is C13H15NO3. The molecule has 0 saturated heterocycles. The standard InChI is InChI=1S/C13H15NO3/c1-8-5-10(7-15)13(17-11-3-4-11)12(6-8)14-9(2)16/h5-7,11H,3-4H2,1-2H3,(H,14,16). The van der Waals surface area contributed by atoms with Crippen LogP contribution in [0.15, 0.2) is 12.1 Å². The molecule has 4 heteroatoms. The Morgan fingerprint density at radius 2 is 2.18 bits per heavy atom. The van der Waals surface area contributed by atoms with E-state index in [1.165, 1.54) is 6.92 Å². The predicted octanol–water partition coefficient (Wildman–Crippen LogP) is 2.31. The van der Waals surface area contributed by atoms with Gasteiger partial charge in [-0.3, -0.25) is 9.59 Å². The van der Waals surface area contributed by atoms with E-state index in [0.717, 1.165) is 24.7 Å². The molecule has 0 aromatic heterocycles. The molecule has 1 fully saturated rings. The summed E-state index contributed by atoms with van der Waals surface area (Å²) in [5.74, 6) is 0.316. The first-order chi connectivity index (χ1) is 8.10. The van der Waals surface area contributed by atoms with Crippen LogP contribution < -0.4 is 10.1 Å². The number of carbonyl (C=O) groups excluding carboxylic acids is 2. The highest BCUT2D eigenvalue weighted by Crippen LogP contribution is 2.35. The van der Waals surface area contributed by atoms with Gasteiger partial charge >= 0.3 is 0 Å². The summed E-state index contributed by atoms with van der Waals surface area (Å²) < 4.78 is 5.69. The average molecular weight is 233 g/mol. The highest BCUT2D eigenvalue weighted by atomic mass is 16.5. The van der Waals surface area contributed by atoms with Crippen molar-refractivity contribution < 1.29 is 14.3 Å². The maximum atomic E-state index is 11.1. The van der Waals surface area contributed by atoms with Crippen molar-refractivity contribution >= 4 is 17.9 Å². The third-order valence-electron chi connectivity index (χ3n) is 2.51. The zero-order valence-electron chi connectivity index (χ0n) is 9.95. The lowest BCUT2D eigenvalue weighted by molar-refractivity contribution is -0.114. The third-order valence-corrected chi connectivity index (χ3v) is 2.51. The number of benzene rings is 1. The van der Waals surface area contributed by atoms with Crippen LogP contribution in [0.25, 0.3) is 0 Å². The largest absolute Gasteiger partial charge is 0.487 e. The first-order valence-corrected chi connectivity index (χ1v) is 5.64. The summed E-state index contributed by atoms with van der Waals surface area (Å²) in [6.45, 7) is 3.31. The van der Waals surface area contributed by atoms with Crippen LogP contribution in [0, 0.1) is 6.92 Å². The summed E-state index contributed by atoms with van der Waals surface area (Å²) in [7, 11) is 0. The maximum Gasteiger partial charge on any atom is 0.221 e. The third kappa shape index (κ3) is 2.84. The van der Waals surface area contributed by atoms with Gasteiger partial charge in [-0.25, -0.2) is 0 Å². The Bertz CT molecular complexity index is 464. The number of aryl methyl sites for hydroxylation is 1. The number of nitrogens with one attached hydrogen (secondary N) is 1. The zero-order chi connectivity index (χ0) is 12.4. The molecule has 1 aromatic carbocycles. The SMILES string of the molecule is CC(=O)Nc1cc(C)cc(C=O)c1OC1CC1. The van der Waals surface area contributed by atoms with Gasteiger partial charge in [-0.15, -0.1) is 0 Å². The molecule has 17 heavy (non-hydrogen) atoms. The molecule has 0 aliphatic heterocycles. The minimum absolute atomic E-state index is 0.173. The van der Waals surface area contributed by atoms with Crippen molar-refractivity contribution in [2.45, 2.75) is 32.8 Å². The van der Waals surface area contributed by atoms with E-state index in [9.17, 15) is 9.59 Å². The van der Waals surface area contributed by atoms with Crippen LogP contribution in [-0.2, 0) is 4.79 Å². The van der Waals surface area contributed by atoms with Crippen molar-refractivity contribution in [3.8, 4) is 5.75 Å². The van der Waals surface area contributed by atoms with Gasteiger partial charge in [0.15, 0.2) is 12.0 Å². The number of carbonyl (C=O) groups is 2. The monoisotopic (exact) mass is 233 g/mol. The van der Waals surface area contributed by atoms with Crippen molar-refractivity contribution in [2.75, 3.05) is 5.32 Å². The molecule has 1 N–H and O–H groups in total. The Hall–Kier alpha value is -1.84. The molecule has 0 radical (unpaired) electrons. The molecule has 1 saturated carbocycles. The number of hydrogen-bond acceptors (Lipinski definition) is 3. The van der Waals surface area contributed by atoms with Crippen molar-refractivity contribution in [3.63, 3.8) is 0 Å². The minimum Gasteiger partial charge on any atom is -0.487 e. The molecule has 0 spiro atoms. The Balaban J connectivity index is 2.40. The van der Waals surface area contributed by atoms with Crippen LogP contribution >= 0.6 is 0 Å². The lowest BCUT2D eigenvalue weighted by atomic mass is 10.1. The van der Waals surface area contributed by atoms with E-state index in [1.807, 2.05) is 13.0 Å². The zero-order valence-corrected chi connectivity index (χ0v) is 9.95. The molecule has 0 atom stereocenters. The second-order valence-corrected chi connectivity index (χ2v) is 4.35. The molecule has 90 valence electrons. The Morgan fingerprint density at radius 3 is 2.71 bits per heavy atom. The van der Waals surface area contributed by atoms with Crippen molar-refractivity contribution in [1.82, 2.24) is 0 Å².